The molecule has 0 saturated heterocycles. The van der Waals surface area contributed by atoms with Gasteiger partial charge < -0.3 is 4.74 Å². The van der Waals surface area contributed by atoms with Crippen LogP contribution in [-0.2, 0) is 21.7 Å². The molecule has 0 N–H and O–H groups in total. The fourth-order valence-electron chi connectivity index (χ4n) is 1.74. The molecule has 3 rings (SSSR count). The second-order valence-electron chi connectivity index (χ2n) is 4.65. The van der Waals surface area contributed by atoms with E-state index in [4.69, 9.17) is 4.74 Å². The minimum Gasteiger partial charge on any atom is -0.465 e. The van der Waals surface area contributed by atoms with Crippen molar-refractivity contribution < 1.29 is 26.5 Å². The van der Waals surface area contributed by atoms with Crippen LogP contribution in [0.2, 0.25) is 13.1 Å². The summed E-state index contributed by atoms with van der Waals surface area (Å²) < 4.78 is 5.19. The van der Waals surface area contributed by atoms with Crippen LogP contribution in [0.15, 0.2) is 97.8 Å². The Morgan fingerprint density at radius 3 is 2.21 bits per heavy atom. The fourth-order valence-corrected chi connectivity index (χ4v) is 1.74. The van der Waals surface area contributed by atoms with Crippen molar-refractivity contribution >= 4 is 20.3 Å². The van der Waals surface area contributed by atoms with Gasteiger partial charge in [-0.15, -0.1) is 29.7 Å². The van der Waals surface area contributed by atoms with Crippen LogP contribution in [-0.4, -0.2) is 9.52 Å². The smallest absolute Gasteiger partial charge is 0.126 e. The largest absolute Gasteiger partial charge is 0.465 e. The third kappa shape index (κ3) is 9.41. The van der Waals surface area contributed by atoms with E-state index in [1.54, 1.807) is 18.4 Å². The van der Waals surface area contributed by atoms with Gasteiger partial charge in [0.25, 0.3) is 0 Å². The number of hydrogen-bond acceptors (Lipinski definition) is 1. The minimum atomic E-state index is 0. The van der Waals surface area contributed by atoms with Gasteiger partial charge >= 0.3 is 0 Å². The normalized spacial score (nSPS) is 9.08. The van der Waals surface area contributed by atoms with Gasteiger partial charge in [0.2, 0.25) is 0 Å². The number of fused-ring (bicyclic) bond motifs is 1. The van der Waals surface area contributed by atoms with E-state index in [-0.39, 0.29) is 21.7 Å². The molecule has 122 valence electrons. The Labute approximate surface area is 163 Å². The number of benzene rings is 2. The van der Waals surface area contributed by atoms with Crippen LogP contribution in [0.4, 0.5) is 0 Å². The summed E-state index contributed by atoms with van der Waals surface area (Å²) in [5.41, 5.74) is 0. The van der Waals surface area contributed by atoms with E-state index < -0.39 is 0 Å². The van der Waals surface area contributed by atoms with Crippen LogP contribution in [0.1, 0.15) is 0 Å². The molecule has 0 bridgehead atoms. The van der Waals surface area contributed by atoms with E-state index in [0.29, 0.717) is 0 Å². The van der Waals surface area contributed by atoms with Crippen LogP contribution >= 0.6 is 0 Å². The number of ether oxygens (including phenoxy) is 1. The summed E-state index contributed by atoms with van der Waals surface area (Å²) >= 11 is 0. The molecule has 3 aromatic rings. The van der Waals surface area contributed by atoms with Crippen LogP contribution in [0.25, 0.3) is 10.8 Å². The second kappa shape index (κ2) is 14.8. The molecule has 3 aromatic carbocycles. The SMILES string of the molecule is C=CC=COc1ccccc1.C[Si]C.[Ti].c1ccc2[cH-]ccc2c1. The van der Waals surface area contributed by atoms with Crippen molar-refractivity contribution in [3.63, 3.8) is 0 Å². The average Bonchev–Trinajstić information content (AvgIpc) is 3.06. The summed E-state index contributed by atoms with van der Waals surface area (Å²) in [6, 6.07) is 24.3. The monoisotopic (exact) mass is 367 g/mol. The van der Waals surface area contributed by atoms with E-state index in [0.717, 1.165) is 15.3 Å². The number of rotatable bonds is 3. The maximum atomic E-state index is 5.19. The van der Waals surface area contributed by atoms with Gasteiger partial charge in [0.1, 0.15) is 5.75 Å². The first-order valence-corrected chi connectivity index (χ1v) is 9.50. The Morgan fingerprint density at radius 2 is 1.58 bits per heavy atom. The Bertz CT molecular complexity index is 659. The van der Waals surface area contributed by atoms with Crippen molar-refractivity contribution in [2.45, 2.75) is 13.1 Å². The maximum absolute atomic E-state index is 5.19. The van der Waals surface area contributed by atoms with Gasteiger partial charge in [0, 0.05) is 31.2 Å². The molecule has 0 aliphatic carbocycles. The van der Waals surface area contributed by atoms with Crippen molar-refractivity contribution in [2.75, 3.05) is 0 Å². The molecule has 24 heavy (non-hydrogen) atoms. The fraction of sp³-hybridized carbons (Fsp3) is 0.0952. The quantitative estimate of drug-likeness (QED) is 0.235. The van der Waals surface area contributed by atoms with Gasteiger partial charge in [0.15, 0.2) is 0 Å². The predicted octanol–water partition coefficient (Wildman–Crippen LogP) is 6.11. The summed E-state index contributed by atoms with van der Waals surface area (Å²) in [6.45, 7) is 7.83. The van der Waals surface area contributed by atoms with Crippen LogP contribution in [0.5, 0.6) is 5.75 Å². The molecular formula is C21H23OSiTi-. The molecule has 2 radical (unpaired) electrons. The zero-order valence-corrected chi connectivity index (χ0v) is 16.8. The zero-order chi connectivity index (χ0) is 16.8. The van der Waals surface area contributed by atoms with Gasteiger partial charge in [-0.3, -0.25) is 0 Å². The van der Waals surface area contributed by atoms with Crippen molar-refractivity contribution in [3.8, 4) is 5.75 Å². The number of para-hydroxylation sites is 1. The van der Waals surface area contributed by atoms with E-state index in [2.05, 4.69) is 62.1 Å². The molecule has 0 saturated carbocycles. The summed E-state index contributed by atoms with van der Waals surface area (Å²) in [6.07, 6.45) is 5.01. The molecule has 1 nitrogen and oxygen atoms in total. The van der Waals surface area contributed by atoms with Crippen LogP contribution in [0, 0.1) is 0 Å². The molecule has 0 fully saturated rings. The summed E-state index contributed by atoms with van der Waals surface area (Å²) in [4.78, 5) is 0. The molecule has 0 heterocycles. The average molecular weight is 367 g/mol. The maximum Gasteiger partial charge on any atom is 0.126 e. The Hall–Kier alpha value is -1.74. The van der Waals surface area contributed by atoms with Crippen molar-refractivity contribution in [1.29, 1.82) is 0 Å². The standard InChI is InChI=1S/C10H10O.C9H7.C2H6Si.Ti/c1-2-3-9-11-10-7-5-4-6-8-10;1-2-5-9-7-3-6-8(9)4-1;1-3-2;/h2-9H,1H2;1-7H;1-2H3;/q;-1;;. The minimum absolute atomic E-state index is 0. The third-order valence-electron chi connectivity index (χ3n) is 2.71. The molecule has 0 spiro atoms. The number of allylic oxidation sites excluding steroid dienone is 2. The second-order valence-corrected chi connectivity index (χ2v) is 5.65. The Balaban J connectivity index is 0.000000370. The van der Waals surface area contributed by atoms with Gasteiger partial charge in [-0.25, -0.2) is 0 Å². The van der Waals surface area contributed by atoms with Crippen molar-refractivity contribution in [3.05, 3.63) is 97.8 Å². The van der Waals surface area contributed by atoms with Gasteiger partial charge in [0.05, 0.1) is 6.26 Å². The first kappa shape index (κ1) is 22.3. The van der Waals surface area contributed by atoms with Crippen LogP contribution in [0.3, 0.4) is 0 Å². The van der Waals surface area contributed by atoms with Gasteiger partial charge in [-0.05, 0) is 18.2 Å². The first-order chi connectivity index (χ1) is 11.3. The van der Waals surface area contributed by atoms with E-state index in [1.807, 2.05) is 30.3 Å². The van der Waals surface area contributed by atoms with E-state index in [9.17, 15) is 0 Å². The molecule has 0 aromatic heterocycles. The molecule has 0 aliphatic heterocycles. The molecule has 3 heteroatoms. The zero-order valence-electron chi connectivity index (χ0n) is 14.3. The molecule has 0 atom stereocenters. The summed E-state index contributed by atoms with van der Waals surface area (Å²) in [5.74, 6) is 0.839. The Kier molecular flexibility index (Phi) is 13.8. The van der Waals surface area contributed by atoms with Crippen molar-refractivity contribution in [2.24, 2.45) is 0 Å². The summed E-state index contributed by atoms with van der Waals surface area (Å²) in [7, 11) is 1.08. The topological polar surface area (TPSA) is 9.23 Å². The summed E-state index contributed by atoms with van der Waals surface area (Å²) in [5, 5.41) is 2.66. The predicted molar refractivity (Wildman–Crippen MR) is 103 cm³/mol. The Morgan fingerprint density at radius 1 is 0.958 bits per heavy atom. The molecule has 0 unspecified atom stereocenters. The molecule has 0 amide bonds. The van der Waals surface area contributed by atoms with Gasteiger partial charge in [-0.2, -0.15) is 17.5 Å². The van der Waals surface area contributed by atoms with Gasteiger partial charge in [-0.1, -0.05) is 50.0 Å². The van der Waals surface area contributed by atoms with Crippen LogP contribution < -0.4 is 4.74 Å². The first-order valence-electron chi connectivity index (χ1n) is 7.50. The number of hydrogen-bond donors (Lipinski definition) is 0. The van der Waals surface area contributed by atoms with E-state index in [1.165, 1.54) is 10.8 Å². The van der Waals surface area contributed by atoms with Crippen molar-refractivity contribution in [1.82, 2.24) is 0 Å². The molecule has 0 aliphatic rings. The molecular weight excluding hydrogens is 344 g/mol. The van der Waals surface area contributed by atoms with E-state index >= 15 is 0 Å². The third-order valence-corrected chi connectivity index (χ3v) is 2.71.